The van der Waals surface area contributed by atoms with E-state index in [0.717, 1.165) is 19.3 Å². The van der Waals surface area contributed by atoms with Crippen molar-refractivity contribution in [3.05, 3.63) is 34.9 Å². The number of sulfonamides is 1. The molecule has 1 atom stereocenters. The molecule has 0 heterocycles. The molecule has 0 aromatic heterocycles. The number of hydrogen-bond acceptors (Lipinski definition) is 3. The summed E-state index contributed by atoms with van der Waals surface area (Å²) in [7, 11) is -3.57. The van der Waals surface area contributed by atoms with E-state index < -0.39 is 10.0 Å². The molecule has 0 fully saturated rings. The van der Waals surface area contributed by atoms with E-state index >= 15 is 0 Å². The van der Waals surface area contributed by atoms with Crippen molar-refractivity contribution in [2.24, 2.45) is 5.92 Å². The molecule has 2 rings (SSSR count). The zero-order valence-electron chi connectivity index (χ0n) is 11.4. The molecule has 1 aliphatic rings. The van der Waals surface area contributed by atoms with Gasteiger partial charge in [-0.05, 0) is 49.8 Å². The number of rotatable bonds is 4. The molecule has 1 aromatic carbocycles. The highest BCUT2D eigenvalue weighted by Crippen LogP contribution is 2.26. The van der Waals surface area contributed by atoms with E-state index in [2.05, 4.69) is 16.9 Å². The van der Waals surface area contributed by atoms with Crippen LogP contribution in [0.3, 0.4) is 0 Å². The molecule has 3 N–H and O–H groups in total. The predicted molar refractivity (Wildman–Crippen MR) is 82.3 cm³/mol. The Hall–Kier alpha value is -1.04. The number of nitrogen functional groups attached to an aromatic ring is 1. The summed E-state index contributed by atoms with van der Waals surface area (Å²) >= 11 is 5.90. The highest BCUT2D eigenvalue weighted by atomic mass is 35.5. The lowest BCUT2D eigenvalue weighted by Gasteiger charge is -2.19. The quantitative estimate of drug-likeness (QED) is 0.663. The van der Waals surface area contributed by atoms with Crippen LogP contribution in [-0.2, 0) is 10.0 Å². The molecule has 0 amide bonds. The Kier molecular flexibility index (Phi) is 4.73. The molecule has 20 heavy (non-hydrogen) atoms. The first-order valence-corrected chi connectivity index (χ1v) is 8.46. The molecule has 0 saturated heterocycles. The fourth-order valence-electron chi connectivity index (χ4n) is 2.30. The largest absolute Gasteiger partial charge is 0.398 e. The molecule has 1 aromatic rings. The van der Waals surface area contributed by atoms with E-state index in [9.17, 15) is 8.42 Å². The molecule has 0 aliphatic heterocycles. The highest BCUT2D eigenvalue weighted by Gasteiger charge is 2.21. The normalized spacial score (nSPS) is 19.2. The third kappa shape index (κ3) is 3.53. The van der Waals surface area contributed by atoms with Gasteiger partial charge in [-0.1, -0.05) is 23.8 Å². The molecule has 1 aliphatic carbocycles. The van der Waals surface area contributed by atoms with E-state index in [1.807, 2.05) is 0 Å². The van der Waals surface area contributed by atoms with Crippen LogP contribution in [0.1, 0.15) is 24.8 Å². The lowest BCUT2D eigenvalue weighted by atomic mass is 9.95. The van der Waals surface area contributed by atoms with Crippen LogP contribution in [0.2, 0.25) is 5.02 Å². The van der Waals surface area contributed by atoms with E-state index in [0.29, 0.717) is 28.7 Å². The van der Waals surface area contributed by atoms with Crippen LogP contribution in [0.25, 0.3) is 0 Å². The van der Waals surface area contributed by atoms with Gasteiger partial charge < -0.3 is 5.73 Å². The summed E-state index contributed by atoms with van der Waals surface area (Å²) in [6.07, 6.45) is 7.17. The average molecular weight is 315 g/mol. The van der Waals surface area contributed by atoms with Crippen LogP contribution in [0, 0.1) is 12.8 Å². The summed E-state index contributed by atoms with van der Waals surface area (Å²) in [6.45, 7) is 2.13. The molecule has 0 bridgehead atoms. The number of hydrogen-bond donors (Lipinski definition) is 2. The number of allylic oxidation sites excluding steroid dienone is 2. The average Bonchev–Trinajstić information content (AvgIpc) is 2.42. The van der Waals surface area contributed by atoms with Crippen molar-refractivity contribution < 1.29 is 8.42 Å². The smallest absolute Gasteiger partial charge is 0.240 e. The van der Waals surface area contributed by atoms with Gasteiger partial charge in [0.2, 0.25) is 10.0 Å². The number of nitrogens with two attached hydrogens (primary N) is 1. The topological polar surface area (TPSA) is 72.2 Å². The van der Waals surface area contributed by atoms with Crippen LogP contribution in [0.15, 0.2) is 29.2 Å². The molecule has 0 saturated carbocycles. The van der Waals surface area contributed by atoms with E-state index in [-0.39, 0.29) is 4.90 Å². The lowest BCUT2D eigenvalue weighted by molar-refractivity contribution is 0.468. The van der Waals surface area contributed by atoms with Crippen molar-refractivity contribution in [2.45, 2.75) is 31.1 Å². The third-order valence-electron chi connectivity index (χ3n) is 3.59. The number of benzene rings is 1. The van der Waals surface area contributed by atoms with E-state index in [1.54, 1.807) is 13.0 Å². The molecule has 0 radical (unpaired) electrons. The Morgan fingerprint density at radius 1 is 1.40 bits per heavy atom. The molecular weight excluding hydrogens is 296 g/mol. The Balaban J connectivity index is 2.16. The summed E-state index contributed by atoms with van der Waals surface area (Å²) in [5.41, 5.74) is 6.69. The fourth-order valence-corrected chi connectivity index (χ4v) is 4.01. The fraction of sp³-hybridized carbons (Fsp3) is 0.429. The van der Waals surface area contributed by atoms with Crippen molar-refractivity contribution in [3.63, 3.8) is 0 Å². The van der Waals surface area contributed by atoms with E-state index in [4.69, 9.17) is 17.3 Å². The van der Waals surface area contributed by atoms with Gasteiger partial charge in [0, 0.05) is 17.3 Å². The molecule has 0 spiro atoms. The summed E-state index contributed by atoms with van der Waals surface area (Å²) in [6, 6.07) is 3.00. The number of anilines is 1. The van der Waals surface area contributed by atoms with Crippen LogP contribution in [0.5, 0.6) is 0 Å². The standard InChI is InChI=1S/C14H19ClN2O2S/c1-10-13(16)7-12(15)8-14(10)20(18,19)17-9-11-5-3-2-4-6-11/h2-3,7-8,11,17H,4-6,9,16H2,1H3. The second-order valence-corrected chi connectivity index (χ2v) is 7.29. The first kappa shape index (κ1) is 15.4. The summed E-state index contributed by atoms with van der Waals surface area (Å²) in [4.78, 5) is 0.161. The van der Waals surface area contributed by atoms with Gasteiger partial charge in [-0.3, -0.25) is 0 Å². The molecule has 4 nitrogen and oxygen atoms in total. The SMILES string of the molecule is Cc1c(N)cc(Cl)cc1S(=O)(=O)NCC1CC=CCC1. The van der Waals surface area contributed by atoms with Gasteiger partial charge in [-0.15, -0.1) is 0 Å². The molecule has 1 unspecified atom stereocenters. The monoisotopic (exact) mass is 314 g/mol. The zero-order chi connectivity index (χ0) is 14.8. The van der Waals surface area contributed by atoms with Crippen LogP contribution >= 0.6 is 11.6 Å². The Bertz CT molecular complexity index is 626. The van der Waals surface area contributed by atoms with Crippen LogP contribution in [-0.4, -0.2) is 15.0 Å². The first-order valence-electron chi connectivity index (χ1n) is 6.60. The Morgan fingerprint density at radius 3 is 2.80 bits per heavy atom. The van der Waals surface area contributed by atoms with Crippen molar-refractivity contribution in [3.8, 4) is 0 Å². The minimum Gasteiger partial charge on any atom is -0.398 e. The summed E-state index contributed by atoms with van der Waals surface area (Å²) in [5.74, 6) is 0.353. The van der Waals surface area contributed by atoms with Gasteiger partial charge in [0.15, 0.2) is 0 Å². The minimum absolute atomic E-state index is 0.161. The zero-order valence-corrected chi connectivity index (χ0v) is 13.0. The van der Waals surface area contributed by atoms with Gasteiger partial charge in [0.1, 0.15) is 0 Å². The highest BCUT2D eigenvalue weighted by molar-refractivity contribution is 7.89. The van der Waals surface area contributed by atoms with Gasteiger partial charge >= 0.3 is 0 Å². The Morgan fingerprint density at radius 2 is 2.15 bits per heavy atom. The summed E-state index contributed by atoms with van der Waals surface area (Å²) in [5, 5.41) is 0.328. The van der Waals surface area contributed by atoms with Crippen molar-refractivity contribution >= 4 is 27.3 Å². The van der Waals surface area contributed by atoms with Crippen molar-refractivity contribution in [1.82, 2.24) is 4.72 Å². The van der Waals surface area contributed by atoms with Gasteiger partial charge in [-0.25, -0.2) is 13.1 Å². The maximum atomic E-state index is 12.4. The van der Waals surface area contributed by atoms with Gasteiger partial charge in [0.25, 0.3) is 0 Å². The second-order valence-electron chi connectivity index (χ2n) is 5.12. The number of nitrogens with one attached hydrogen (secondary N) is 1. The summed E-state index contributed by atoms with van der Waals surface area (Å²) < 4.78 is 27.4. The molecule has 110 valence electrons. The van der Waals surface area contributed by atoms with Gasteiger partial charge in [-0.2, -0.15) is 0 Å². The lowest BCUT2D eigenvalue weighted by Crippen LogP contribution is -2.30. The maximum absolute atomic E-state index is 12.4. The molecular formula is C14H19ClN2O2S. The minimum atomic E-state index is -3.57. The van der Waals surface area contributed by atoms with Crippen molar-refractivity contribution in [1.29, 1.82) is 0 Å². The van der Waals surface area contributed by atoms with Crippen molar-refractivity contribution in [2.75, 3.05) is 12.3 Å². The maximum Gasteiger partial charge on any atom is 0.240 e. The Labute approximate surface area is 125 Å². The number of halogens is 1. The van der Waals surface area contributed by atoms with Crippen LogP contribution < -0.4 is 10.5 Å². The van der Waals surface area contributed by atoms with E-state index in [1.165, 1.54) is 6.07 Å². The van der Waals surface area contributed by atoms with Crippen LogP contribution in [0.4, 0.5) is 5.69 Å². The molecule has 6 heteroatoms. The van der Waals surface area contributed by atoms with Gasteiger partial charge in [0.05, 0.1) is 4.90 Å². The first-order chi connectivity index (χ1) is 9.40. The predicted octanol–water partition coefficient (Wildman–Crippen LogP) is 2.87. The third-order valence-corrected chi connectivity index (χ3v) is 5.36. The second kappa shape index (κ2) is 6.16.